The molecular formula is C26H26BrN5O2. The molecule has 0 spiro atoms. The summed E-state index contributed by atoms with van der Waals surface area (Å²) in [4.78, 5) is 31.5. The van der Waals surface area contributed by atoms with Gasteiger partial charge in [0.25, 0.3) is 0 Å². The predicted octanol–water partition coefficient (Wildman–Crippen LogP) is 6.52. The Kier molecular flexibility index (Phi) is 5.85. The van der Waals surface area contributed by atoms with Crippen molar-refractivity contribution in [2.75, 3.05) is 6.54 Å². The molecule has 1 atom stereocenters. The Labute approximate surface area is 206 Å². The fourth-order valence-corrected chi connectivity index (χ4v) is 4.43. The Bertz CT molecular complexity index is 1330. The Morgan fingerprint density at radius 3 is 2.44 bits per heavy atom. The number of nitrogens with zero attached hydrogens (tertiary/aromatic N) is 4. The molecule has 7 nitrogen and oxygen atoms in total. The molecule has 0 bridgehead atoms. The molecule has 1 fully saturated rings. The van der Waals surface area contributed by atoms with E-state index in [9.17, 15) is 4.79 Å². The lowest BCUT2D eigenvalue weighted by molar-refractivity contribution is 0.0219. The van der Waals surface area contributed by atoms with Crippen LogP contribution in [0.25, 0.3) is 33.5 Å². The Hall–Kier alpha value is -3.26. The first kappa shape index (κ1) is 22.5. The molecule has 34 heavy (non-hydrogen) atoms. The molecule has 2 aromatic carbocycles. The maximum Gasteiger partial charge on any atom is 0.410 e. The van der Waals surface area contributed by atoms with Crippen molar-refractivity contribution in [2.24, 2.45) is 0 Å². The minimum Gasteiger partial charge on any atom is -0.444 e. The number of likely N-dealkylation sites (tertiary alicyclic amines) is 1. The number of hydrogen-bond acceptors (Lipinski definition) is 5. The van der Waals surface area contributed by atoms with Gasteiger partial charge in [0.15, 0.2) is 5.82 Å². The van der Waals surface area contributed by atoms with Crippen molar-refractivity contribution < 1.29 is 9.53 Å². The lowest BCUT2D eigenvalue weighted by Crippen LogP contribution is -2.36. The second-order valence-electron chi connectivity index (χ2n) is 9.49. The van der Waals surface area contributed by atoms with Crippen LogP contribution in [0.5, 0.6) is 0 Å². The van der Waals surface area contributed by atoms with E-state index < -0.39 is 5.60 Å². The number of imidazole rings is 1. The van der Waals surface area contributed by atoms with Crippen LogP contribution in [0, 0.1) is 0 Å². The molecule has 0 unspecified atom stereocenters. The first-order valence-corrected chi connectivity index (χ1v) is 12.1. The molecule has 1 aliphatic rings. The summed E-state index contributed by atoms with van der Waals surface area (Å²) < 4.78 is 6.46. The summed E-state index contributed by atoms with van der Waals surface area (Å²) in [6.45, 7) is 6.34. The van der Waals surface area contributed by atoms with Crippen LogP contribution in [0.4, 0.5) is 4.79 Å². The molecule has 0 aliphatic carbocycles. The third-order valence-corrected chi connectivity index (χ3v) is 6.20. The fourth-order valence-electron chi connectivity index (χ4n) is 4.23. The molecule has 5 rings (SSSR count). The normalized spacial score (nSPS) is 16.2. The molecule has 1 saturated heterocycles. The van der Waals surface area contributed by atoms with E-state index in [1.54, 1.807) is 17.3 Å². The molecule has 3 heterocycles. The predicted molar refractivity (Wildman–Crippen MR) is 135 cm³/mol. The first-order valence-electron chi connectivity index (χ1n) is 11.3. The van der Waals surface area contributed by atoms with Crippen LogP contribution in [0.15, 0.2) is 59.3 Å². The zero-order valence-electron chi connectivity index (χ0n) is 19.4. The maximum atomic E-state index is 12.7. The first-order chi connectivity index (χ1) is 16.3. The number of nitrogens with one attached hydrogen (secondary N) is 1. The summed E-state index contributed by atoms with van der Waals surface area (Å²) in [5.74, 6) is 1.49. The third-order valence-electron chi connectivity index (χ3n) is 5.79. The number of H-pyrrole nitrogens is 1. The highest BCUT2D eigenvalue weighted by Crippen LogP contribution is 2.33. The Balaban J connectivity index is 1.38. The number of rotatable bonds is 3. The summed E-state index contributed by atoms with van der Waals surface area (Å²) in [5.41, 5.74) is 4.43. The minimum atomic E-state index is -0.522. The van der Waals surface area contributed by atoms with Gasteiger partial charge in [-0.15, -0.1) is 0 Å². The van der Waals surface area contributed by atoms with Crippen LogP contribution in [0.2, 0.25) is 0 Å². The number of carbonyl (C=O) groups excluding carboxylic acids is 1. The fraction of sp³-hybridized carbons (Fsp3) is 0.308. The van der Waals surface area contributed by atoms with E-state index in [4.69, 9.17) is 9.72 Å². The molecule has 1 amide bonds. The number of halogens is 1. The maximum absolute atomic E-state index is 12.7. The van der Waals surface area contributed by atoms with Crippen LogP contribution in [0.1, 0.15) is 45.5 Å². The second kappa shape index (κ2) is 8.83. The largest absolute Gasteiger partial charge is 0.444 e. The van der Waals surface area contributed by atoms with Crippen molar-refractivity contribution in [2.45, 2.75) is 45.3 Å². The monoisotopic (exact) mass is 519 g/mol. The van der Waals surface area contributed by atoms with Crippen LogP contribution in [0.3, 0.4) is 0 Å². The smallest absolute Gasteiger partial charge is 0.410 e. The van der Waals surface area contributed by atoms with Crippen LogP contribution in [-0.2, 0) is 4.74 Å². The average molecular weight is 520 g/mol. The minimum absolute atomic E-state index is 0.101. The molecule has 0 saturated carbocycles. The van der Waals surface area contributed by atoms with Gasteiger partial charge in [0, 0.05) is 24.5 Å². The zero-order valence-corrected chi connectivity index (χ0v) is 21.0. The van der Waals surface area contributed by atoms with E-state index in [-0.39, 0.29) is 12.1 Å². The van der Waals surface area contributed by atoms with Gasteiger partial charge in [-0.2, -0.15) is 0 Å². The molecule has 174 valence electrons. The molecule has 0 radical (unpaired) electrons. The highest BCUT2D eigenvalue weighted by molar-refractivity contribution is 9.10. The molecule has 4 aromatic rings. The lowest BCUT2D eigenvalue weighted by Gasteiger charge is -2.27. The van der Waals surface area contributed by atoms with Crippen LogP contribution in [-0.4, -0.2) is 43.1 Å². The quantitative estimate of drug-likeness (QED) is 0.333. The van der Waals surface area contributed by atoms with Gasteiger partial charge in [0.1, 0.15) is 11.4 Å². The van der Waals surface area contributed by atoms with Gasteiger partial charge in [-0.1, -0.05) is 30.3 Å². The summed E-state index contributed by atoms with van der Waals surface area (Å²) >= 11 is 3.37. The summed E-state index contributed by atoms with van der Waals surface area (Å²) in [7, 11) is 0. The van der Waals surface area contributed by atoms with E-state index in [1.807, 2.05) is 39.0 Å². The molecule has 1 aliphatic heterocycles. The molecule has 1 N–H and O–H groups in total. The van der Waals surface area contributed by atoms with Crippen molar-refractivity contribution in [1.82, 2.24) is 24.8 Å². The lowest BCUT2D eigenvalue weighted by atomic mass is 10.0. The Morgan fingerprint density at radius 1 is 1.06 bits per heavy atom. The van der Waals surface area contributed by atoms with E-state index in [1.165, 1.54) is 0 Å². The number of hydrogen-bond donors (Lipinski definition) is 1. The zero-order chi connectivity index (χ0) is 23.9. The number of amides is 1. The van der Waals surface area contributed by atoms with Crippen LogP contribution >= 0.6 is 15.9 Å². The van der Waals surface area contributed by atoms with Crippen LogP contribution < -0.4 is 0 Å². The number of benzene rings is 2. The van der Waals surface area contributed by atoms with E-state index in [0.29, 0.717) is 12.4 Å². The second-order valence-corrected chi connectivity index (χ2v) is 10.4. The van der Waals surface area contributed by atoms with Gasteiger partial charge in [-0.25, -0.2) is 19.7 Å². The average Bonchev–Trinajstić information content (AvgIpc) is 3.45. The van der Waals surface area contributed by atoms with Gasteiger partial charge in [0.2, 0.25) is 0 Å². The number of aromatic nitrogens is 4. The van der Waals surface area contributed by atoms with Crippen molar-refractivity contribution in [1.29, 1.82) is 0 Å². The third kappa shape index (κ3) is 4.68. The SMILES string of the molecule is CC(C)(C)OC(=O)N1CCC[C@H]1c1nc2cc(-c3ccc(-c4ncc(Br)cn4)cc3)ccc2[nH]1. The number of carbonyl (C=O) groups is 1. The number of ether oxygens (including phenoxy) is 1. The van der Waals surface area contributed by atoms with Crippen molar-refractivity contribution >= 4 is 33.1 Å². The van der Waals surface area contributed by atoms with E-state index in [0.717, 1.165) is 50.9 Å². The van der Waals surface area contributed by atoms with Crippen molar-refractivity contribution in [3.8, 4) is 22.5 Å². The van der Waals surface area contributed by atoms with E-state index >= 15 is 0 Å². The van der Waals surface area contributed by atoms with Crippen molar-refractivity contribution in [3.63, 3.8) is 0 Å². The summed E-state index contributed by atoms with van der Waals surface area (Å²) in [6, 6.07) is 14.3. The summed E-state index contributed by atoms with van der Waals surface area (Å²) in [6.07, 6.45) is 5.00. The van der Waals surface area contributed by atoms with Gasteiger partial charge >= 0.3 is 6.09 Å². The van der Waals surface area contributed by atoms with E-state index in [2.05, 4.69) is 55.1 Å². The number of fused-ring (bicyclic) bond motifs is 1. The molecule has 8 heteroatoms. The highest BCUT2D eigenvalue weighted by atomic mass is 79.9. The molecule has 2 aromatic heterocycles. The van der Waals surface area contributed by atoms with Gasteiger partial charge in [0.05, 0.1) is 21.5 Å². The highest BCUT2D eigenvalue weighted by Gasteiger charge is 2.34. The van der Waals surface area contributed by atoms with Crippen molar-refractivity contribution in [3.05, 3.63) is 65.2 Å². The topological polar surface area (TPSA) is 84.0 Å². The number of aromatic amines is 1. The van der Waals surface area contributed by atoms with Gasteiger partial charge in [-0.3, -0.25) is 4.90 Å². The van der Waals surface area contributed by atoms with Gasteiger partial charge < -0.3 is 9.72 Å². The summed E-state index contributed by atoms with van der Waals surface area (Å²) in [5, 5.41) is 0. The van der Waals surface area contributed by atoms with Gasteiger partial charge in [-0.05, 0) is 72.8 Å². The standard InChI is InChI=1S/C26H26BrN5O2/c1-26(2,3)34-25(33)32-12-4-5-22(32)24-30-20-11-10-18(13-21(20)31-24)16-6-8-17(9-7-16)23-28-14-19(27)15-29-23/h6-11,13-15,22H,4-5,12H2,1-3H3,(H,30,31)/t22-/m0/s1. The Morgan fingerprint density at radius 2 is 1.74 bits per heavy atom. The molecular weight excluding hydrogens is 494 g/mol.